The van der Waals surface area contributed by atoms with E-state index in [0.29, 0.717) is 24.4 Å². The van der Waals surface area contributed by atoms with Crippen LogP contribution in [0.5, 0.6) is 5.75 Å². The molecule has 1 aromatic rings. The summed E-state index contributed by atoms with van der Waals surface area (Å²) in [6.07, 6.45) is -0.726. The Hall–Kier alpha value is -2.62. The molecule has 9 nitrogen and oxygen atoms in total. The molecule has 2 aliphatic heterocycles. The number of para-hydroxylation sites is 2. The average Bonchev–Trinajstić information content (AvgIpc) is 3.07. The molecule has 1 fully saturated rings. The minimum Gasteiger partial charge on any atom is -0.482 e. The van der Waals surface area contributed by atoms with Gasteiger partial charge in [0.1, 0.15) is 5.75 Å². The highest BCUT2D eigenvalue weighted by atomic mass is 32.2. The second kappa shape index (κ2) is 9.03. The third kappa shape index (κ3) is 4.92. The van der Waals surface area contributed by atoms with Crippen molar-refractivity contribution in [3.63, 3.8) is 0 Å². The van der Waals surface area contributed by atoms with E-state index in [9.17, 15) is 22.8 Å². The number of esters is 1. The van der Waals surface area contributed by atoms with Gasteiger partial charge in [0.25, 0.3) is 11.8 Å². The Bertz CT molecular complexity index is 931. The summed E-state index contributed by atoms with van der Waals surface area (Å²) in [5.41, 5.74) is 0.588. The van der Waals surface area contributed by atoms with E-state index in [0.717, 1.165) is 0 Å². The molecular weight excluding hydrogens is 412 g/mol. The topological polar surface area (TPSA) is 110 Å². The van der Waals surface area contributed by atoms with Crippen LogP contribution in [-0.2, 0) is 29.0 Å². The molecule has 0 saturated carbocycles. The van der Waals surface area contributed by atoms with Crippen LogP contribution in [-0.4, -0.2) is 74.4 Å². The number of rotatable bonds is 7. The smallest absolute Gasteiger partial charge is 0.308 e. The zero-order chi connectivity index (χ0) is 21.9. The molecule has 10 heteroatoms. The van der Waals surface area contributed by atoms with Gasteiger partial charge in [0, 0.05) is 19.1 Å². The van der Waals surface area contributed by atoms with E-state index in [1.165, 1.54) is 16.7 Å². The first-order chi connectivity index (χ1) is 14.2. The second-order valence-electron chi connectivity index (χ2n) is 7.36. The van der Waals surface area contributed by atoms with Gasteiger partial charge >= 0.3 is 5.97 Å². The normalized spacial score (nSPS) is 20.8. The first-order valence-electron chi connectivity index (χ1n) is 9.94. The number of ether oxygens (including phenoxy) is 2. The number of benzene rings is 1. The maximum Gasteiger partial charge on any atom is 0.308 e. The Balaban J connectivity index is 1.55. The first kappa shape index (κ1) is 22.1. The highest BCUT2D eigenvalue weighted by Gasteiger charge is 2.36. The quantitative estimate of drug-likeness (QED) is 0.578. The predicted molar refractivity (Wildman–Crippen MR) is 109 cm³/mol. The molecular formula is C20H26N2O7S. The summed E-state index contributed by atoms with van der Waals surface area (Å²) in [7, 11) is -3.13. The van der Waals surface area contributed by atoms with E-state index in [4.69, 9.17) is 9.47 Å². The molecule has 2 aliphatic rings. The van der Waals surface area contributed by atoms with Gasteiger partial charge in [0.2, 0.25) is 0 Å². The van der Waals surface area contributed by atoms with Gasteiger partial charge in [-0.05, 0) is 32.4 Å². The van der Waals surface area contributed by atoms with Crippen LogP contribution in [0.1, 0.15) is 26.7 Å². The molecule has 1 saturated heterocycles. The molecule has 0 N–H and O–H groups in total. The lowest BCUT2D eigenvalue weighted by atomic mass is 10.2. The van der Waals surface area contributed by atoms with Crippen molar-refractivity contribution in [1.82, 2.24) is 4.90 Å². The van der Waals surface area contributed by atoms with E-state index >= 15 is 0 Å². The molecule has 2 amide bonds. The monoisotopic (exact) mass is 438 g/mol. The Morgan fingerprint density at radius 1 is 1.33 bits per heavy atom. The van der Waals surface area contributed by atoms with E-state index in [-0.39, 0.29) is 37.0 Å². The van der Waals surface area contributed by atoms with Crippen molar-refractivity contribution >= 4 is 33.3 Å². The molecule has 3 rings (SSSR count). The average molecular weight is 439 g/mol. The SMILES string of the molecule is CCN(C(=O)[C@H](C)OC(=O)CCN1C(=O)COc2ccccc21)[C@@H]1CCS(=O)(=O)C1. The molecule has 0 radical (unpaired) electrons. The van der Waals surface area contributed by atoms with Crippen LogP contribution in [0.4, 0.5) is 5.69 Å². The predicted octanol–water partition coefficient (Wildman–Crippen LogP) is 0.769. The lowest BCUT2D eigenvalue weighted by molar-refractivity contribution is -0.159. The third-order valence-electron chi connectivity index (χ3n) is 5.28. The summed E-state index contributed by atoms with van der Waals surface area (Å²) in [6.45, 7) is 3.58. The van der Waals surface area contributed by atoms with Gasteiger partial charge in [0.15, 0.2) is 22.5 Å². The van der Waals surface area contributed by atoms with Crippen LogP contribution < -0.4 is 9.64 Å². The maximum atomic E-state index is 12.7. The van der Waals surface area contributed by atoms with Gasteiger partial charge in [-0.2, -0.15) is 0 Å². The number of carbonyl (C=O) groups is 3. The molecule has 0 aliphatic carbocycles. The molecule has 1 aromatic carbocycles. The van der Waals surface area contributed by atoms with E-state index < -0.39 is 33.9 Å². The highest BCUT2D eigenvalue weighted by Crippen LogP contribution is 2.31. The van der Waals surface area contributed by atoms with Crippen molar-refractivity contribution in [2.75, 3.05) is 36.1 Å². The Morgan fingerprint density at radius 2 is 2.07 bits per heavy atom. The van der Waals surface area contributed by atoms with E-state index in [1.807, 2.05) is 0 Å². The fourth-order valence-corrected chi connectivity index (χ4v) is 5.49. The van der Waals surface area contributed by atoms with Crippen LogP contribution in [0, 0.1) is 0 Å². The number of amides is 2. The van der Waals surface area contributed by atoms with Gasteiger partial charge in [-0.3, -0.25) is 14.4 Å². The number of anilines is 1. The number of nitrogens with zero attached hydrogens (tertiary/aromatic N) is 2. The zero-order valence-electron chi connectivity index (χ0n) is 17.1. The third-order valence-corrected chi connectivity index (χ3v) is 7.03. The Morgan fingerprint density at radius 3 is 2.73 bits per heavy atom. The van der Waals surface area contributed by atoms with Crippen molar-refractivity contribution in [3.8, 4) is 5.75 Å². The van der Waals surface area contributed by atoms with Crippen molar-refractivity contribution in [2.24, 2.45) is 0 Å². The highest BCUT2D eigenvalue weighted by molar-refractivity contribution is 7.91. The summed E-state index contributed by atoms with van der Waals surface area (Å²) < 4.78 is 34.1. The second-order valence-corrected chi connectivity index (χ2v) is 9.59. The standard InChI is InChI=1S/C20H26N2O7S/c1-3-21(15-9-11-30(26,27)13-15)20(25)14(2)29-19(24)8-10-22-16-6-4-5-7-17(16)28-12-18(22)23/h4-7,14-15H,3,8-13H2,1-2H3/t14-,15+/m0/s1. The fraction of sp³-hybridized carbons (Fsp3) is 0.550. The van der Waals surface area contributed by atoms with Gasteiger partial charge in [0.05, 0.1) is 23.6 Å². The van der Waals surface area contributed by atoms with Gasteiger partial charge in [-0.15, -0.1) is 0 Å². The van der Waals surface area contributed by atoms with E-state index in [2.05, 4.69) is 0 Å². The number of hydrogen-bond donors (Lipinski definition) is 0. The minimum atomic E-state index is -3.13. The Labute approximate surface area is 175 Å². The summed E-state index contributed by atoms with van der Waals surface area (Å²) in [4.78, 5) is 40.1. The van der Waals surface area contributed by atoms with Gasteiger partial charge in [-0.25, -0.2) is 8.42 Å². The number of sulfone groups is 1. The lowest BCUT2D eigenvalue weighted by Crippen LogP contribution is -2.46. The number of fused-ring (bicyclic) bond motifs is 1. The molecule has 2 heterocycles. The van der Waals surface area contributed by atoms with Crippen LogP contribution in [0.3, 0.4) is 0 Å². The molecule has 0 aromatic heterocycles. The van der Waals surface area contributed by atoms with Crippen LogP contribution in [0.25, 0.3) is 0 Å². The van der Waals surface area contributed by atoms with Crippen LogP contribution >= 0.6 is 0 Å². The van der Waals surface area contributed by atoms with Crippen LogP contribution in [0.2, 0.25) is 0 Å². The zero-order valence-corrected chi connectivity index (χ0v) is 17.9. The number of hydrogen-bond acceptors (Lipinski definition) is 7. The maximum absolute atomic E-state index is 12.7. The van der Waals surface area contributed by atoms with E-state index in [1.54, 1.807) is 31.2 Å². The molecule has 0 spiro atoms. The fourth-order valence-electron chi connectivity index (χ4n) is 3.76. The summed E-state index contributed by atoms with van der Waals surface area (Å²) >= 11 is 0. The van der Waals surface area contributed by atoms with Crippen LogP contribution in [0.15, 0.2) is 24.3 Å². The molecule has 2 atom stereocenters. The summed E-state index contributed by atoms with van der Waals surface area (Å²) in [5, 5.41) is 0. The number of likely N-dealkylation sites (N-methyl/N-ethyl adjacent to an activating group) is 1. The summed E-state index contributed by atoms with van der Waals surface area (Å²) in [5.74, 6) is -0.719. The molecule has 0 unspecified atom stereocenters. The Kier molecular flexibility index (Phi) is 6.64. The molecule has 0 bridgehead atoms. The van der Waals surface area contributed by atoms with Crippen molar-refractivity contribution in [2.45, 2.75) is 38.8 Å². The minimum absolute atomic E-state index is 0.0602. The van der Waals surface area contributed by atoms with Crippen molar-refractivity contribution in [1.29, 1.82) is 0 Å². The molecule has 164 valence electrons. The molecule has 30 heavy (non-hydrogen) atoms. The van der Waals surface area contributed by atoms with Crippen molar-refractivity contribution in [3.05, 3.63) is 24.3 Å². The largest absolute Gasteiger partial charge is 0.482 e. The summed E-state index contributed by atoms with van der Waals surface area (Å²) in [6, 6.07) is 6.66. The lowest BCUT2D eigenvalue weighted by Gasteiger charge is -2.30. The van der Waals surface area contributed by atoms with Gasteiger partial charge in [-0.1, -0.05) is 12.1 Å². The van der Waals surface area contributed by atoms with Gasteiger partial charge < -0.3 is 19.3 Å². The first-order valence-corrected chi connectivity index (χ1v) is 11.8. The van der Waals surface area contributed by atoms with Crippen molar-refractivity contribution < 1.29 is 32.3 Å². The number of carbonyl (C=O) groups excluding carboxylic acids is 3.